The number of rotatable bonds is 5. The third-order valence-corrected chi connectivity index (χ3v) is 7.27. The summed E-state index contributed by atoms with van der Waals surface area (Å²) in [6.07, 6.45) is 4.95. The first-order chi connectivity index (χ1) is 16.5. The van der Waals surface area contributed by atoms with E-state index in [-0.39, 0.29) is 10.7 Å². The first-order valence-electron chi connectivity index (χ1n) is 10.8. The first-order valence-corrected chi connectivity index (χ1v) is 12.7. The van der Waals surface area contributed by atoms with E-state index in [1.54, 1.807) is 30.7 Å². The van der Waals surface area contributed by atoms with Crippen LogP contribution >= 0.6 is 11.6 Å². The topological polar surface area (TPSA) is 121 Å². The predicted octanol–water partition coefficient (Wildman–Crippen LogP) is 5.79. The van der Waals surface area contributed by atoms with Gasteiger partial charge in [-0.1, -0.05) is 32.4 Å². The molecule has 35 heavy (non-hydrogen) atoms. The summed E-state index contributed by atoms with van der Waals surface area (Å²) in [5.74, 6) is -0.0496. The fraction of sp³-hybridized carbons (Fsp3) is 0.160. The van der Waals surface area contributed by atoms with Crippen molar-refractivity contribution in [3.8, 4) is 11.3 Å². The lowest BCUT2D eigenvalue weighted by molar-refractivity contribution is 0.0860. The monoisotopic (exact) mass is 507 g/mol. The van der Waals surface area contributed by atoms with Crippen LogP contribution in [0.25, 0.3) is 33.3 Å². The molecular formula is C25H22ClN5O3S. The maximum Gasteiger partial charge on any atom is 0.261 e. The smallest absolute Gasteiger partial charge is 0.261 e. The summed E-state index contributed by atoms with van der Waals surface area (Å²) in [6, 6.07) is 11.3. The van der Waals surface area contributed by atoms with Gasteiger partial charge in [-0.15, -0.1) is 0 Å². The number of ketones is 1. The number of H-pyrrole nitrogens is 2. The van der Waals surface area contributed by atoms with Gasteiger partial charge in [-0.2, -0.15) is 0 Å². The van der Waals surface area contributed by atoms with E-state index in [1.807, 2.05) is 26.8 Å². The quantitative estimate of drug-likeness (QED) is 0.260. The molecular weight excluding hydrogens is 486 g/mol. The molecule has 0 fully saturated rings. The van der Waals surface area contributed by atoms with Crippen molar-refractivity contribution in [3.05, 3.63) is 71.6 Å². The van der Waals surface area contributed by atoms with E-state index in [2.05, 4.69) is 19.7 Å². The van der Waals surface area contributed by atoms with E-state index in [1.165, 1.54) is 24.3 Å². The molecule has 0 spiro atoms. The number of carbonyl (C=O) groups excluding carboxylic acids is 1. The van der Waals surface area contributed by atoms with Gasteiger partial charge >= 0.3 is 0 Å². The maximum atomic E-state index is 13.0. The third kappa shape index (κ3) is 4.28. The minimum absolute atomic E-state index is 0.0496. The van der Waals surface area contributed by atoms with Crippen LogP contribution in [0.3, 0.4) is 0 Å². The highest BCUT2D eigenvalue weighted by molar-refractivity contribution is 7.92. The highest BCUT2D eigenvalue weighted by Gasteiger charge is 2.26. The van der Waals surface area contributed by atoms with E-state index < -0.39 is 15.4 Å². The predicted molar refractivity (Wildman–Crippen MR) is 137 cm³/mol. The van der Waals surface area contributed by atoms with Crippen LogP contribution in [-0.4, -0.2) is 34.1 Å². The molecule has 178 valence electrons. The number of nitrogens with zero attached hydrogens (tertiary/aromatic N) is 2. The maximum absolute atomic E-state index is 13.0. The van der Waals surface area contributed by atoms with Crippen LogP contribution in [-0.2, 0) is 10.0 Å². The van der Waals surface area contributed by atoms with E-state index in [0.29, 0.717) is 44.1 Å². The zero-order chi connectivity index (χ0) is 25.0. The van der Waals surface area contributed by atoms with Crippen molar-refractivity contribution in [1.29, 1.82) is 0 Å². The summed E-state index contributed by atoms with van der Waals surface area (Å²) in [7, 11) is -3.87. The van der Waals surface area contributed by atoms with E-state index in [0.717, 1.165) is 5.52 Å². The van der Waals surface area contributed by atoms with Crippen molar-refractivity contribution < 1.29 is 13.2 Å². The molecule has 3 N–H and O–H groups in total. The van der Waals surface area contributed by atoms with Gasteiger partial charge in [0.2, 0.25) is 0 Å². The Bertz CT molecular complexity index is 1700. The summed E-state index contributed by atoms with van der Waals surface area (Å²) in [6.45, 7) is 5.55. The zero-order valence-corrected chi connectivity index (χ0v) is 20.8. The standard InChI is InChI=1S/C25H22ClN5O3S/c1-25(2,3)23(32)18-12-28-24-22(18)30-21(13-29-24)14-10-19-17(8-9-27-19)20(11-14)31-35(33,34)16-6-4-15(26)5-7-16/h4-13,27,31H,1-3H3,(H,28,29). The second-order valence-electron chi connectivity index (χ2n) is 9.26. The number of hydrogen-bond acceptors (Lipinski definition) is 5. The molecule has 10 heteroatoms. The lowest BCUT2D eigenvalue weighted by atomic mass is 9.87. The fourth-order valence-corrected chi connectivity index (χ4v) is 5.02. The Morgan fingerprint density at radius 3 is 2.51 bits per heavy atom. The van der Waals surface area contributed by atoms with Gasteiger partial charge in [0.1, 0.15) is 5.52 Å². The summed E-state index contributed by atoms with van der Waals surface area (Å²) < 4.78 is 28.8. The lowest BCUT2D eigenvalue weighted by Crippen LogP contribution is -2.20. The number of Topliss-reactive ketones (excluding diaryl/α,β-unsaturated/α-hetero) is 1. The Morgan fingerprint density at radius 2 is 1.80 bits per heavy atom. The third-order valence-electron chi connectivity index (χ3n) is 5.64. The molecule has 0 aliphatic rings. The van der Waals surface area contributed by atoms with E-state index in [4.69, 9.17) is 16.6 Å². The number of aromatic nitrogens is 4. The van der Waals surface area contributed by atoms with Crippen LogP contribution in [0.2, 0.25) is 5.02 Å². The molecule has 0 radical (unpaired) electrons. The Morgan fingerprint density at radius 1 is 1.06 bits per heavy atom. The number of carbonyl (C=O) groups is 1. The molecule has 0 amide bonds. The molecule has 5 rings (SSSR count). The number of hydrogen-bond donors (Lipinski definition) is 3. The lowest BCUT2D eigenvalue weighted by Gasteiger charge is -2.15. The average Bonchev–Trinajstić information content (AvgIpc) is 3.44. The van der Waals surface area contributed by atoms with Gasteiger partial charge in [-0.05, 0) is 42.5 Å². The summed E-state index contributed by atoms with van der Waals surface area (Å²) in [4.78, 5) is 28.3. The molecule has 8 nitrogen and oxygen atoms in total. The van der Waals surface area contributed by atoms with Gasteiger partial charge in [-0.3, -0.25) is 9.52 Å². The van der Waals surface area contributed by atoms with Crippen molar-refractivity contribution >= 4 is 55.2 Å². The highest BCUT2D eigenvalue weighted by Crippen LogP contribution is 2.33. The molecule has 0 bridgehead atoms. The molecule has 2 aromatic carbocycles. The number of fused-ring (bicyclic) bond motifs is 2. The zero-order valence-electron chi connectivity index (χ0n) is 19.2. The first kappa shape index (κ1) is 23.1. The normalized spacial score (nSPS) is 12.3. The number of sulfonamides is 1. The van der Waals surface area contributed by atoms with Gasteiger partial charge in [-0.25, -0.2) is 18.4 Å². The van der Waals surface area contributed by atoms with Crippen LogP contribution in [0.15, 0.2) is 66.0 Å². The van der Waals surface area contributed by atoms with Crippen molar-refractivity contribution in [3.63, 3.8) is 0 Å². The number of nitrogens with one attached hydrogen (secondary N) is 3. The van der Waals surface area contributed by atoms with E-state index >= 15 is 0 Å². The van der Waals surface area contributed by atoms with Gasteiger partial charge in [0.25, 0.3) is 10.0 Å². The SMILES string of the molecule is CC(C)(C)C(=O)c1c[nH]c2ncc(-c3cc(NS(=O)(=O)c4ccc(Cl)cc4)c4cc[nH]c4c3)nc12. The average molecular weight is 508 g/mol. The van der Waals surface area contributed by atoms with Crippen LogP contribution in [0.5, 0.6) is 0 Å². The minimum Gasteiger partial charge on any atom is -0.361 e. The Hall–Kier alpha value is -3.69. The highest BCUT2D eigenvalue weighted by atomic mass is 35.5. The largest absolute Gasteiger partial charge is 0.361 e. The molecule has 0 atom stereocenters. The summed E-state index contributed by atoms with van der Waals surface area (Å²) in [5.41, 5.74) is 3.11. The van der Waals surface area contributed by atoms with Crippen LogP contribution in [0.1, 0.15) is 31.1 Å². The van der Waals surface area contributed by atoms with Crippen LogP contribution in [0, 0.1) is 5.41 Å². The van der Waals surface area contributed by atoms with Crippen LogP contribution in [0.4, 0.5) is 5.69 Å². The number of anilines is 1. The number of halogens is 1. The molecule has 0 saturated heterocycles. The fourth-order valence-electron chi connectivity index (χ4n) is 3.82. The summed E-state index contributed by atoms with van der Waals surface area (Å²) >= 11 is 5.91. The van der Waals surface area contributed by atoms with Crippen molar-refractivity contribution in [2.75, 3.05) is 4.72 Å². The van der Waals surface area contributed by atoms with Gasteiger partial charge in [0, 0.05) is 39.3 Å². The van der Waals surface area contributed by atoms with Crippen LogP contribution < -0.4 is 4.72 Å². The second kappa shape index (κ2) is 8.21. The second-order valence-corrected chi connectivity index (χ2v) is 11.4. The molecule has 5 aromatic rings. The molecule has 3 heterocycles. The molecule has 0 unspecified atom stereocenters. The molecule has 0 aliphatic carbocycles. The molecule has 3 aromatic heterocycles. The Balaban J connectivity index is 1.61. The minimum atomic E-state index is -3.87. The van der Waals surface area contributed by atoms with Gasteiger partial charge in [0.05, 0.1) is 28.0 Å². The Kier molecular flexibility index (Phi) is 5.41. The molecule has 0 aliphatic heterocycles. The van der Waals surface area contributed by atoms with Gasteiger partial charge < -0.3 is 9.97 Å². The molecule has 0 saturated carbocycles. The number of aromatic amines is 2. The van der Waals surface area contributed by atoms with Crippen molar-refractivity contribution in [2.24, 2.45) is 5.41 Å². The van der Waals surface area contributed by atoms with Crippen molar-refractivity contribution in [1.82, 2.24) is 19.9 Å². The van der Waals surface area contributed by atoms with E-state index in [9.17, 15) is 13.2 Å². The summed E-state index contributed by atoms with van der Waals surface area (Å²) in [5, 5.41) is 1.15. The number of benzene rings is 2. The Labute approximate surface area is 206 Å². The van der Waals surface area contributed by atoms with Crippen molar-refractivity contribution in [2.45, 2.75) is 25.7 Å². The van der Waals surface area contributed by atoms with Gasteiger partial charge in [0.15, 0.2) is 11.4 Å².